The second kappa shape index (κ2) is 6.26. The van der Waals surface area contributed by atoms with E-state index in [1.807, 2.05) is 19.1 Å². The second-order valence-corrected chi connectivity index (χ2v) is 5.36. The van der Waals surface area contributed by atoms with E-state index in [0.717, 1.165) is 18.4 Å². The quantitative estimate of drug-likeness (QED) is 0.876. The lowest BCUT2D eigenvalue weighted by Crippen LogP contribution is -2.41. The van der Waals surface area contributed by atoms with Gasteiger partial charge in [0.05, 0.1) is 10.7 Å². The zero-order valence-corrected chi connectivity index (χ0v) is 11.8. The fourth-order valence-electron chi connectivity index (χ4n) is 2.26. The fourth-order valence-corrected chi connectivity index (χ4v) is 2.43. The zero-order valence-electron chi connectivity index (χ0n) is 11.0. The van der Waals surface area contributed by atoms with Crippen molar-refractivity contribution in [2.24, 2.45) is 5.92 Å². The van der Waals surface area contributed by atoms with E-state index < -0.39 is 0 Å². The molecule has 0 unspecified atom stereocenters. The molecule has 0 aliphatic carbocycles. The van der Waals surface area contributed by atoms with Gasteiger partial charge >= 0.3 is 6.03 Å². The third-order valence-electron chi connectivity index (χ3n) is 3.59. The Labute approximate surface area is 118 Å². The molecule has 0 atom stereocenters. The van der Waals surface area contributed by atoms with Crippen LogP contribution in [0, 0.1) is 12.8 Å². The smallest absolute Gasteiger partial charge is 0.321 e. The van der Waals surface area contributed by atoms with Crippen LogP contribution >= 0.6 is 11.6 Å². The zero-order chi connectivity index (χ0) is 13.8. The van der Waals surface area contributed by atoms with Crippen molar-refractivity contribution in [2.75, 3.05) is 25.0 Å². The van der Waals surface area contributed by atoms with Gasteiger partial charge < -0.3 is 15.3 Å². The highest BCUT2D eigenvalue weighted by atomic mass is 35.5. The van der Waals surface area contributed by atoms with Crippen LogP contribution in [-0.4, -0.2) is 35.7 Å². The van der Waals surface area contributed by atoms with Crippen LogP contribution < -0.4 is 5.32 Å². The first-order valence-electron chi connectivity index (χ1n) is 6.53. The highest BCUT2D eigenvalue weighted by Gasteiger charge is 2.22. The topological polar surface area (TPSA) is 52.6 Å². The minimum absolute atomic E-state index is 0.121. The molecular weight excluding hydrogens is 264 g/mol. The lowest BCUT2D eigenvalue weighted by atomic mass is 9.98. The molecular formula is C14H19ClN2O2. The number of carbonyl (C=O) groups excluding carboxylic acids is 1. The Morgan fingerprint density at radius 1 is 1.47 bits per heavy atom. The minimum atomic E-state index is -0.121. The van der Waals surface area contributed by atoms with Gasteiger partial charge in [-0.05, 0) is 37.3 Å². The third-order valence-corrected chi connectivity index (χ3v) is 4.10. The van der Waals surface area contributed by atoms with E-state index in [-0.39, 0.29) is 12.6 Å². The van der Waals surface area contributed by atoms with Crippen molar-refractivity contribution in [1.29, 1.82) is 0 Å². The predicted molar refractivity (Wildman–Crippen MR) is 76.6 cm³/mol. The summed E-state index contributed by atoms with van der Waals surface area (Å²) in [6.45, 7) is 3.48. The van der Waals surface area contributed by atoms with Gasteiger partial charge in [0.2, 0.25) is 0 Å². The van der Waals surface area contributed by atoms with Crippen molar-refractivity contribution in [3.05, 3.63) is 28.8 Å². The molecule has 104 valence electrons. The average Bonchev–Trinajstić information content (AvgIpc) is 2.44. The first-order valence-corrected chi connectivity index (χ1v) is 6.91. The van der Waals surface area contributed by atoms with Crippen LogP contribution in [0.4, 0.5) is 10.5 Å². The summed E-state index contributed by atoms with van der Waals surface area (Å²) in [5.74, 6) is 0.326. The van der Waals surface area contributed by atoms with Crippen LogP contribution in [0.3, 0.4) is 0 Å². The van der Waals surface area contributed by atoms with Crippen molar-refractivity contribution in [3.8, 4) is 0 Å². The number of amides is 2. The van der Waals surface area contributed by atoms with E-state index in [2.05, 4.69) is 5.32 Å². The molecule has 5 heteroatoms. The number of carbonyl (C=O) groups is 1. The number of nitrogens with zero attached hydrogens (tertiary/aromatic N) is 1. The van der Waals surface area contributed by atoms with Gasteiger partial charge in [-0.15, -0.1) is 0 Å². The summed E-state index contributed by atoms with van der Waals surface area (Å²) in [5.41, 5.74) is 1.59. The monoisotopic (exact) mass is 282 g/mol. The van der Waals surface area contributed by atoms with Gasteiger partial charge in [0, 0.05) is 19.7 Å². The molecule has 1 aromatic carbocycles. The van der Waals surface area contributed by atoms with Crippen LogP contribution in [0.25, 0.3) is 0 Å². The molecule has 0 bridgehead atoms. The Bertz CT molecular complexity index is 457. The van der Waals surface area contributed by atoms with E-state index in [1.165, 1.54) is 0 Å². The number of benzene rings is 1. The maximum atomic E-state index is 12.1. The number of aliphatic hydroxyl groups is 1. The number of rotatable bonds is 2. The molecule has 4 nitrogen and oxygen atoms in total. The number of hydrogen-bond donors (Lipinski definition) is 2. The molecule has 0 spiro atoms. The maximum Gasteiger partial charge on any atom is 0.321 e. The molecule has 1 heterocycles. The summed E-state index contributed by atoms with van der Waals surface area (Å²) in [6, 6.07) is 5.46. The summed E-state index contributed by atoms with van der Waals surface area (Å²) < 4.78 is 0. The SMILES string of the molecule is Cc1cccc(NC(=O)N2CCC(CO)CC2)c1Cl. The summed E-state index contributed by atoms with van der Waals surface area (Å²) in [6.07, 6.45) is 1.71. The van der Waals surface area contributed by atoms with Crippen LogP contribution in [0.1, 0.15) is 18.4 Å². The van der Waals surface area contributed by atoms with E-state index in [4.69, 9.17) is 16.7 Å². The molecule has 0 radical (unpaired) electrons. The van der Waals surface area contributed by atoms with Gasteiger partial charge in [-0.1, -0.05) is 23.7 Å². The second-order valence-electron chi connectivity index (χ2n) is 4.98. The maximum absolute atomic E-state index is 12.1. The number of nitrogens with one attached hydrogen (secondary N) is 1. The van der Waals surface area contributed by atoms with E-state index in [0.29, 0.717) is 29.7 Å². The highest BCUT2D eigenvalue weighted by Crippen LogP contribution is 2.26. The molecule has 0 aromatic heterocycles. The standard InChI is InChI=1S/C14H19ClN2O2/c1-10-3-2-4-12(13(10)15)16-14(19)17-7-5-11(9-18)6-8-17/h2-4,11,18H,5-9H2,1H3,(H,16,19). The lowest BCUT2D eigenvalue weighted by molar-refractivity contribution is 0.143. The van der Waals surface area contributed by atoms with Gasteiger partial charge in [-0.2, -0.15) is 0 Å². The number of halogens is 1. The highest BCUT2D eigenvalue weighted by molar-refractivity contribution is 6.34. The number of urea groups is 1. The van der Waals surface area contributed by atoms with Crippen molar-refractivity contribution < 1.29 is 9.90 Å². The molecule has 19 heavy (non-hydrogen) atoms. The summed E-state index contributed by atoms with van der Waals surface area (Å²) in [4.78, 5) is 13.9. The molecule has 1 saturated heterocycles. The van der Waals surface area contributed by atoms with E-state index >= 15 is 0 Å². The minimum Gasteiger partial charge on any atom is -0.396 e. The summed E-state index contributed by atoms with van der Waals surface area (Å²) in [7, 11) is 0. The van der Waals surface area contributed by atoms with Crippen LogP contribution in [0.2, 0.25) is 5.02 Å². The van der Waals surface area contributed by atoms with Crippen LogP contribution in [-0.2, 0) is 0 Å². The average molecular weight is 283 g/mol. The first kappa shape index (κ1) is 14.2. The number of likely N-dealkylation sites (tertiary alicyclic amines) is 1. The largest absolute Gasteiger partial charge is 0.396 e. The van der Waals surface area contributed by atoms with Crippen molar-refractivity contribution in [3.63, 3.8) is 0 Å². The van der Waals surface area contributed by atoms with Gasteiger partial charge in [0.15, 0.2) is 0 Å². The Balaban J connectivity index is 1.96. The van der Waals surface area contributed by atoms with E-state index in [1.54, 1.807) is 11.0 Å². The number of aryl methyl sites for hydroxylation is 1. The first-order chi connectivity index (χ1) is 9.11. The molecule has 1 aliphatic heterocycles. The normalized spacial score (nSPS) is 16.5. The number of hydrogen-bond acceptors (Lipinski definition) is 2. The number of anilines is 1. The van der Waals surface area contributed by atoms with Crippen molar-refractivity contribution in [2.45, 2.75) is 19.8 Å². The van der Waals surface area contributed by atoms with Crippen molar-refractivity contribution >= 4 is 23.3 Å². The van der Waals surface area contributed by atoms with Crippen LogP contribution in [0.5, 0.6) is 0 Å². The molecule has 1 fully saturated rings. The fraction of sp³-hybridized carbons (Fsp3) is 0.500. The molecule has 1 aromatic rings. The summed E-state index contributed by atoms with van der Waals surface area (Å²) in [5, 5.41) is 12.5. The van der Waals surface area contributed by atoms with Crippen molar-refractivity contribution in [1.82, 2.24) is 4.90 Å². The summed E-state index contributed by atoms with van der Waals surface area (Å²) >= 11 is 6.16. The Morgan fingerprint density at radius 3 is 2.79 bits per heavy atom. The predicted octanol–water partition coefficient (Wildman–Crippen LogP) is 2.88. The Morgan fingerprint density at radius 2 is 2.16 bits per heavy atom. The molecule has 2 rings (SSSR count). The van der Waals surface area contributed by atoms with Gasteiger partial charge in [-0.3, -0.25) is 0 Å². The Hall–Kier alpha value is -1.26. The van der Waals surface area contributed by atoms with Crippen LogP contribution in [0.15, 0.2) is 18.2 Å². The molecule has 0 saturated carbocycles. The molecule has 2 N–H and O–H groups in total. The van der Waals surface area contributed by atoms with E-state index in [9.17, 15) is 4.79 Å². The molecule has 2 amide bonds. The lowest BCUT2D eigenvalue weighted by Gasteiger charge is -2.31. The number of piperidine rings is 1. The number of aliphatic hydroxyl groups excluding tert-OH is 1. The van der Waals surface area contributed by atoms with Gasteiger partial charge in [-0.25, -0.2) is 4.79 Å². The van der Waals surface area contributed by atoms with Gasteiger partial charge in [0.1, 0.15) is 0 Å². The molecule has 1 aliphatic rings. The van der Waals surface area contributed by atoms with Gasteiger partial charge in [0.25, 0.3) is 0 Å². The Kier molecular flexibility index (Phi) is 4.66. The third kappa shape index (κ3) is 3.39.